The van der Waals surface area contributed by atoms with Gasteiger partial charge in [0.25, 0.3) is 10.1 Å². The first-order valence-electron chi connectivity index (χ1n) is 5.38. The second-order valence-electron chi connectivity index (χ2n) is 3.94. The molecule has 0 aliphatic rings. The average molecular weight is 271 g/mol. The molecule has 0 unspecified atom stereocenters. The van der Waals surface area contributed by atoms with E-state index in [-0.39, 0.29) is 26.2 Å². The minimum Gasteiger partial charge on any atom is -0.394 e. The van der Waals surface area contributed by atoms with Crippen molar-refractivity contribution in [3.8, 4) is 0 Å². The average Bonchev–Trinajstić information content (AvgIpc) is 2.28. The second kappa shape index (κ2) is 7.24. The summed E-state index contributed by atoms with van der Waals surface area (Å²) in [5.74, 6) is -0.417. The van der Waals surface area contributed by atoms with E-state index in [9.17, 15) is 23.7 Å². The lowest BCUT2D eigenvalue weighted by molar-refractivity contribution is -0.0581. The van der Waals surface area contributed by atoms with Gasteiger partial charge in [0.15, 0.2) is 0 Å². The molecule has 0 aliphatic heterocycles. The van der Waals surface area contributed by atoms with E-state index in [1.807, 2.05) is 0 Å². The van der Waals surface area contributed by atoms with Crippen LogP contribution in [0.4, 0.5) is 0 Å². The predicted molar refractivity (Wildman–Crippen MR) is 62.0 cm³/mol. The number of rotatable bonds is 9. The van der Waals surface area contributed by atoms with Gasteiger partial charge in [-0.2, -0.15) is 8.42 Å². The Kier molecular flexibility index (Phi) is 7.14. The number of aliphatic hydroxyl groups is 3. The molecule has 0 aromatic carbocycles. The van der Waals surface area contributed by atoms with Crippen molar-refractivity contribution in [1.29, 1.82) is 0 Å². The van der Waals surface area contributed by atoms with Gasteiger partial charge in [0.1, 0.15) is 0 Å². The standard InChI is InChI=1S/C9H21NO6S/c1-2-9(6-11,7-12)10(8-13)4-3-5-17(14,15)16/h11-13H,2-8H2,1H3,(H,14,15,16). The second-order valence-corrected chi connectivity index (χ2v) is 5.51. The summed E-state index contributed by atoms with van der Waals surface area (Å²) in [4.78, 5) is 1.40. The van der Waals surface area contributed by atoms with E-state index in [1.54, 1.807) is 6.92 Å². The van der Waals surface area contributed by atoms with E-state index in [0.717, 1.165) is 0 Å². The molecule has 0 aromatic heterocycles. The Labute approximate surface area is 101 Å². The largest absolute Gasteiger partial charge is 0.394 e. The van der Waals surface area contributed by atoms with Crippen LogP contribution in [0.25, 0.3) is 0 Å². The summed E-state index contributed by atoms with van der Waals surface area (Å²) in [6.07, 6.45) is 0.521. The van der Waals surface area contributed by atoms with Crippen molar-refractivity contribution in [2.75, 3.05) is 32.2 Å². The van der Waals surface area contributed by atoms with Gasteiger partial charge in [0, 0.05) is 6.54 Å². The van der Waals surface area contributed by atoms with Crippen molar-refractivity contribution in [1.82, 2.24) is 4.90 Å². The van der Waals surface area contributed by atoms with Crippen LogP contribution in [0, 0.1) is 0 Å². The van der Waals surface area contributed by atoms with Crippen molar-refractivity contribution < 1.29 is 28.3 Å². The van der Waals surface area contributed by atoms with Gasteiger partial charge in [-0.1, -0.05) is 6.92 Å². The van der Waals surface area contributed by atoms with Crippen molar-refractivity contribution in [2.45, 2.75) is 25.3 Å². The summed E-state index contributed by atoms with van der Waals surface area (Å²) < 4.78 is 29.6. The molecule has 4 N–H and O–H groups in total. The topological polar surface area (TPSA) is 118 Å². The van der Waals surface area contributed by atoms with Gasteiger partial charge < -0.3 is 15.3 Å². The summed E-state index contributed by atoms with van der Waals surface area (Å²) in [7, 11) is -4.03. The quantitative estimate of drug-likeness (QED) is 0.302. The molecule has 0 radical (unpaired) electrons. The molecule has 104 valence electrons. The zero-order valence-electron chi connectivity index (χ0n) is 9.91. The third-order valence-electron chi connectivity index (χ3n) is 2.92. The summed E-state index contributed by atoms with van der Waals surface area (Å²) in [5.41, 5.74) is -0.964. The fourth-order valence-electron chi connectivity index (χ4n) is 1.59. The summed E-state index contributed by atoms with van der Waals surface area (Å²) in [6.45, 7) is 0.822. The first-order valence-corrected chi connectivity index (χ1v) is 6.99. The maximum atomic E-state index is 10.5. The van der Waals surface area contributed by atoms with Crippen LogP contribution in [0.15, 0.2) is 0 Å². The zero-order valence-corrected chi connectivity index (χ0v) is 10.7. The number of nitrogens with zero attached hydrogens (tertiary/aromatic N) is 1. The molecule has 0 bridgehead atoms. The van der Waals surface area contributed by atoms with Crippen molar-refractivity contribution in [3.05, 3.63) is 0 Å². The van der Waals surface area contributed by atoms with Gasteiger partial charge in [-0.25, -0.2) is 0 Å². The smallest absolute Gasteiger partial charge is 0.264 e. The van der Waals surface area contributed by atoms with E-state index in [1.165, 1.54) is 4.90 Å². The number of hydrogen-bond donors (Lipinski definition) is 4. The van der Waals surface area contributed by atoms with E-state index < -0.39 is 28.1 Å². The van der Waals surface area contributed by atoms with E-state index in [0.29, 0.717) is 6.42 Å². The highest BCUT2D eigenvalue weighted by molar-refractivity contribution is 7.85. The maximum Gasteiger partial charge on any atom is 0.264 e. The van der Waals surface area contributed by atoms with Gasteiger partial charge in [-0.15, -0.1) is 0 Å². The molecule has 0 saturated heterocycles. The van der Waals surface area contributed by atoms with Gasteiger partial charge in [0.05, 0.1) is 31.2 Å². The van der Waals surface area contributed by atoms with Crippen LogP contribution >= 0.6 is 0 Å². The molecule has 0 spiro atoms. The Hall–Kier alpha value is -0.250. The van der Waals surface area contributed by atoms with Crippen LogP contribution in [0.3, 0.4) is 0 Å². The lowest BCUT2D eigenvalue weighted by atomic mass is 9.96. The number of aliphatic hydroxyl groups excluding tert-OH is 3. The zero-order chi connectivity index (χ0) is 13.5. The monoisotopic (exact) mass is 271 g/mol. The summed E-state index contributed by atoms with van der Waals surface area (Å²) in [6, 6.07) is 0. The van der Waals surface area contributed by atoms with Crippen molar-refractivity contribution in [2.24, 2.45) is 0 Å². The Bertz CT molecular complexity index is 292. The molecule has 0 fully saturated rings. The lowest BCUT2D eigenvalue weighted by Gasteiger charge is -2.39. The highest BCUT2D eigenvalue weighted by Gasteiger charge is 2.33. The summed E-state index contributed by atoms with van der Waals surface area (Å²) in [5, 5.41) is 27.7. The Balaban J connectivity index is 4.50. The minimum atomic E-state index is -4.03. The molecule has 0 heterocycles. The fraction of sp³-hybridized carbons (Fsp3) is 1.00. The van der Waals surface area contributed by atoms with Crippen LogP contribution < -0.4 is 0 Å². The molecule has 7 nitrogen and oxygen atoms in total. The first-order chi connectivity index (χ1) is 7.85. The maximum absolute atomic E-state index is 10.5. The molecule has 17 heavy (non-hydrogen) atoms. The van der Waals surface area contributed by atoms with Crippen molar-refractivity contribution >= 4 is 10.1 Å². The van der Waals surface area contributed by atoms with Gasteiger partial charge in [-0.3, -0.25) is 9.45 Å². The fourth-order valence-corrected chi connectivity index (χ4v) is 2.09. The van der Waals surface area contributed by atoms with E-state index >= 15 is 0 Å². The highest BCUT2D eigenvalue weighted by atomic mass is 32.2. The van der Waals surface area contributed by atoms with Crippen LogP contribution in [-0.4, -0.2) is 71.0 Å². The third kappa shape index (κ3) is 5.28. The van der Waals surface area contributed by atoms with Gasteiger partial charge in [-0.05, 0) is 12.8 Å². The van der Waals surface area contributed by atoms with Crippen LogP contribution in [0.2, 0.25) is 0 Å². The molecule has 0 aromatic rings. The molecule has 0 saturated carbocycles. The Morgan fingerprint density at radius 1 is 1.18 bits per heavy atom. The highest BCUT2D eigenvalue weighted by Crippen LogP contribution is 2.18. The van der Waals surface area contributed by atoms with Crippen LogP contribution in [-0.2, 0) is 10.1 Å². The Morgan fingerprint density at radius 3 is 2.00 bits per heavy atom. The summed E-state index contributed by atoms with van der Waals surface area (Å²) >= 11 is 0. The van der Waals surface area contributed by atoms with E-state index in [2.05, 4.69) is 0 Å². The normalized spacial score (nSPS) is 13.3. The Morgan fingerprint density at radius 2 is 1.71 bits per heavy atom. The number of hydrogen-bond acceptors (Lipinski definition) is 6. The van der Waals surface area contributed by atoms with E-state index in [4.69, 9.17) is 4.55 Å². The van der Waals surface area contributed by atoms with Crippen molar-refractivity contribution in [3.63, 3.8) is 0 Å². The molecular weight excluding hydrogens is 250 g/mol. The molecule has 0 amide bonds. The molecule has 0 rings (SSSR count). The molecule has 0 aliphatic carbocycles. The van der Waals surface area contributed by atoms with Crippen LogP contribution in [0.1, 0.15) is 19.8 Å². The minimum absolute atomic E-state index is 0.112. The van der Waals surface area contributed by atoms with Crippen LogP contribution in [0.5, 0.6) is 0 Å². The van der Waals surface area contributed by atoms with Gasteiger partial charge >= 0.3 is 0 Å². The third-order valence-corrected chi connectivity index (χ3v) is 3.72. The molecule has 0 atom stereocenters. The predicted octanol–water partition coefficient (Wildman–Crippen LogP) is -1.35. The van der Waals surface area contributed by atoms with Gasteiger partial charge in [0.2, 0.25) is 0 Å². The molecule has 8 heteroatoms. The SMILES string of the molecule is CCC(CO)(CO)N(CO)CCCS(=O)(=O)O. The lowest BCUT2D eigenvalue weighted by Crippen LogP contribution is -2.55. The first kappa shape index (κ1) is 16.8. The molecular formula is C9H21NO6S.